The van der Waals surface area contributed by atoms with Gasteiger partial charge in [-0.25, -0.2) is 0 Å². The number of methoxy groups -OCH3 is 1. The number of hydrogen-bond donors (Lipinski definition) is 1. The van der Waals surface area contributed by atoms with Crippen LogP contribution in [0.3, 0.4) is 0 Å². The molecule has 0 aliphatic rings. The molecule has 1 aromatic rings. The molecule has 1 rings (SSSR count). The fourth-order valence-corrected chi connectivity index (χ4v) is 1.66. The summed E-state index contributed by atoms with van der Waals surface area (Å²) in [6.07, 6.45) is 0. The number of halogens is 1. The molecule has 0 radical (unpaired) electrons. The summed E-state index contributed by atoms with van der Waals surface area (Å²) >= 11 is 5.80. The van der Waals surface area contributed by atoms with Crippen LogP contribution in [0.1, 0.15) is 20.8 Å². The Labute approximate surface area is 119 Å². The van der Waals surface area contributed by atoms with Gasteiger partial charge in [-0.2, -0.15) is 0 Å². The lowest BCUT2D eigenvalue weighted by Gasteiger charge is -2.27. The van der Waals surface area contributed by atoms with E-state index in [1.54, 1.807) is 45.2 Å². The number of carbonyl (C=O) groups is 1. The maximum atomic E-state index is 12.1. The lowest BCUT2D eigenvalue weighted by Crippen LogP contribution is -2.50. The summed E-state index contributed by atoms with van der Waals surface area (Å²) in [5.41, 5.74) is -0.962. The molecule has 0 aliphatic carbocycles. The highest BCUT2D eigenvalue weighted by Crippen LogP contribution is 2.21. The molecular formula is C14H20ClNO3. The van der Waals surface area contributed by atoms with E-state index in [0.29, 0.717) is 17.4 Å². The first-order valence-corrected chi connectivity index (χ1v) is 6.47. The van der Waals surface area contributed by atoms with E-state index in [-0.39, 0.29) is 11.9 Å². The number of carbonyl (C=O) groups excluding carboxylic acids is 1. The smallest absolute Gasteiger partial charge is 0.263 e. The van der Waals surface area contributed by atoms with Gasteiger partial charge in [0, 0.05) is 18.2 Å². The van der Waals surface area contributed by atoms with Crippen LogP contribution in [0.5, 0.6) is 5.75 Å². The van der Waals surface area contributed by atoms with Crippen LogP contribution in [0.15, 0.2) is 24.3 Å². The number of nitrogens with one attached hydrogen (secondary N) is 1. The van der Waals surface area contributed by atoms with Crippen LogP contribution in [0.4, 0.5) is 0 Å². The molecule has 0 saturated carbocycles. The number of amides is 1. The first-order valence-electron chi connectivity index (χ1n) is 6.09. The lowest BCUT2D eigenvalue weighted by molar-refractivity contribution is -0.135. The van der Waals surface area contributed by atoms with Crippen LogP contribution in [-0.4, -0.2) is 31.3 Å². The fourth-order valence-electron chi connectivity index (χ4n) is 1.53. The summed E-state index contributed by atoms with van der Waals surface area (Å²) < 4.78 is 10.7. The van der Waals surface area contributed by atoms with Gasteiger partial charge in [-0.3, -0.25) is 4.79 Å². The highest BCUT2D eigenvalue weighted by atomic mass is 35.5. The van der Waals surface area contributed by atoms with Crippen molar-refractivity contribution in [1.82, 2.24) is 5.32 Å². The largest absolute Gasteiger partial charge is 0.478 e. The molecule has 0 saturated heterocycles. The second kappa shape index (κ2) is 6.78. The second-order valence-corrected chi connectivity index (χ2v) is 5.33. The quantitative estimate of drug-likeness (QED) is 0.874. The first-order chi connectivity index (χ1) is 8.85. The van der Waals surface area contributed by atoms with Gasteiger partial charge in [0.2, 0.25) is 0 Å². The van der Waals surface area contributed by atoms with Crippen molar-refractivity contribution in [1.29, 1.82) is 0 Å². The average Bonchev–Trinajstić information content (AvgIpc) is 2.32. The molecule has 0 fully saturated rings. The number of benzene rings is 1. The van der Waals surface area contributed by atoms with E-state index in [1.165, 1.54) is 0 Å². The monoisotopic (exact) mass is 285 g/mol. The van der Waals surface area contributed by atoms with Crippen molar-refractivity contribution in [3.63, 3.8) is 0 Å². The predicted octanol–water partition coefficient (Wildman–Crippen LogP) is 2.65. The van der Waals surface area contributed by atoms with Crippen molar-refractivity contribution in [2.45, 2.75) is 32.4 Å². The molecule has 4 nitrogen and oxygen atoms in total. The second-order valence-electron chi connectivity index (χ2n) is 4.90. The zero-order chi connectivity index (χ0) is 14.5. The van der Waals surface area contributed by atoms with Gasteiger partial charge in [0.05, 0.1) is 6.61 Å². The Hall–Kier alpha value is -1.26. The number of hydrogen-bond acceptors (Lipinski definition) is 3. The van der Waals surface area contributed by atoms with E-state index in [4.69, 9.17) is 21.1 Å². The third-order valence-electron chi connectivity index (χ3n) is 2.53. The van der Waals surface area contributed by atoms with Gasteiger partial charge >= 0.3 is 0 Å². The van der Waals surface area contributed by atoms with Crippen molar-refractivity contribution in [2.24, 2.45) is 0 Å². The molecule has 0 heterocycles. The van der Waals surface area contributed by atoms with Crippen molar-refractivity contribution < 1.29 is 14.3 Å². The van der Waals surface area contributed by atoms with E-state index in [1.807, 2.05) is 6.92 Å². The Bertz CT molecular complexity index is 417. The number of rotatable bonds is 6. The molecule has 0 bridgehead atoms. The van der Waals surface area contributed by atoms with Crippen molar-refractivity contribution >= 4 is 17.5 Å². The Morgan fingerprint density at radius 2 is 1.95 bits per heavy atom. The Kier molecular flexibility index (Phi) is 5.63. The van der Waals surface area contributed by atoms with Crippen molar-refractivity contribution in [2.75, 3.05) is 13.7 Å². The van der Waals surface area contributed by atoms with Gasteiger partial charge in [0.25, 0.3) is 5.91 Å². The lowest BCUT2D eigenvalue weighted by atomic mass is 10.1. The summed E-state index contributed by atoms with van der Waals surface area (Å²) in [7, 11) is 1.60. The van der Waals surface area contributed by atoms with Crippen molar-refractivity contribution in [3.8, 4) is 5.75 Å². The molecule has 1 N–H and O–H groups in total. The Morgan fingerprint density at radius 3 is 2.47 bits per heavy atom. The van der Waals surface area contributed by atoms with E-state index in [0.717, 1.165) is 0 Å². The van der Waals surface area contributed by atoms with E-state index in [2.05, 4.69) is 5.32 Å². The first kappa shape index (κ1) is 15.8. The van der Waals surface area contributed by atoms with Crippen LogP contribution in [0.25, 0.3) is 0 Å². The van der Waals surface area contributed by atoms with Gasteiger partial charge in [-0.05, 0) is 45.0 Å². The third-order valence-corrected chi connectivity index (χ3v) is 2.78. The molecule has 1 aromatic carbocycles. The maximum Gasteiger partial charge on any atom is 0.263 e. The van der Waals surface area contributed by atoms with Crippen LogP contribution < -0.4 is 10.1 Å². The Morgan fingerprint density at radius 1 is 1.37 bits per heavy atom. The third kappa shape index (κ3) is 5.09. The molecule has 1 unspecified atom stereocenters. The van der Waals surface area contributed by atoms with Crippen LogP contribution in [0.2, 0.25) is 5.02 Å². The van der Waals surface area contributed by atoms with Gasteiger partial charge in [0.1, 0.15) is 5.75 Å². The predicted molar refractivity (Wildman–Crippen MR) is 75.6 cm³/mol. The topological polar surface area (TPSA) is 47.6 Å². The van der Waals surface area contributed by atoms with Gasteiger partial charge < -0.3 is 14.8 Å². The molecule has 0 aromatic heterocycles. The Balaban J connectivity index is 2.64. The highest BCUT2D eigenvalue weighted by Gasteiger charge is 2.30. The SMILES string of the molecule is COCC(C)NC(=O)C(C)(C)Oc1ccc(Cl)cc1. The van der Waals surface area contributed by atoms with Gasteiger partial charge in [-0.15, -0.1) is 0 Å². The summed E-state index contributed by atoms with van der Waals surface area (Å²) in [6, 6.07) is 6.84. The fraction of sp³-hybridized carbons (Fsp3) is 0.500. The molecule has 5 heteroatoms. The van der Waals surface area contributed by atoms with Crippen LogP contribution >= 0.6 is 11.6 Å². The highest BCUT2D eigenvalue weighted by molar-refractivity contribution is 6.30. The molecule has 0 aliphatic heterocycles. The zero-order valence-corrected chi connectivity index (χ0v) is 12.5. The van der Waals surface area contributed by atoms with Crippen molar-refractivity contribution in [3.05, 3.63) is 29.3 Å². The van der Waals surface area contributed by atoms with E-state index >= 15 is 0 Å². The molecule has 106 valence electrons. The molecule has 19 heavy (non-hydrogen) atoms. The van der Waals surface area contributed by atoms with E-state index < -0.39 is 5.60 Å². The molecular weight excluding hydrogens is 266 g/mol. The minimum Gasteiger partial charge on any atom is -0.478 e. The molecule has 1 atom stereocenters. The van der Waals surface area contributed by atoms with Crippen LogP contribution in [0, 0.1) is 0 Å². The summed E-state index contributed by atoms with van der Waals surface area (Å²) in [5, 5.41) is 3.47. The zero-order valence-electron chi connectivity index (χ0n) is 11.7. The molecule has 1 amide bonds. The summed E-state index contributed by atoms with van der Waals surface area (Å²) in [4.78, 5) is 12.1. The number of ether oxygens (including phenoxy) is 2. The van der Waals surface area contributed by atoms with Gasteiger partial charge in [0.15, 0.2) is 5.60 Å². The maximum absolute atomic E-state index is 12.1. The standard InChI is InChI=1S/C14H20ClNO3/c1-10(9-18-4)16-13(17)14(2,3)19-12-7-5-11(15)6-8-12/h5-8,10H,9H2,1-4H3,(H,16,17). The minimum atomic E-state index is -0.962. The van der Waals surface area contributed by atoms with Gasteiger partial charge in [-0.1, -0.05) is 11.6 Å². The summed E-state index contributed by atoms with van der Waals surface area (Å²) in [5.74, 6) is 0.413. The van der Waals surface area contributed by atoms with Crippen LogP contribution in [-0.2, 0) is 9.53 Å². The summed E-state index contributed by atoms with van der Waals surface area (Å²) in [6.45, 7) is 5.77. The molecule has 0 spiro atoms. The normalized spacial score (nSPS) is 12.9. The average molecular weight is 286 g/mol. The van der Waals surface area contributed by atoms with E-state index in [9.17, 15) is 4.79 Å². The minimum absolute atomic E-state index is 0.0643.